The molecular formula is C23H19NO2. The lowest BCUT2D eigenvalue weighted by Gasteiger charge is -2.31. The zero-order valence-corrected chi connectivity index (χ0v) is 14.5. The number of rotatable bonds is 4. The first kappa shape index (κ1) is 16.3. The zero-order chi connectivity index (χ0) is 18.0. The minimum absolute atomic E-state index is 0.645. The maximum absolute atomic E-state index is 12.0. The maximum atomic E-state index is 12.0. The van der Waals surface area contributed by atoms with Crippen molar-refractivity contribution in [2.75, 3.05) is 7.11 Å². The molecule has 4 rings (SSSR count). The van der Waals surface area contributed by atoms with Crippen LogP contribution < -0.4 is 4.74 Å². The van der Waals surface area contributed by atoms with E-state index in [4.69, 9.17) is 4.74 Å². The lowest BCUT2D eigenvalue weighted by Crippen LogP contribution is -2.29. The van der Waals surface area contributed by atoms with Gasteiger partial charge in [0.15, 0.2) is 0 Å². The van der Waals surface area contributed by atoms with Crippen molar-refractivity contribution in [3.05, 3.63) is 108 Å². The second-order valence-corrected chi connectivity index (χ2v) is 6.21. The van der Waals surface area contributed by atoms with Crippen molar-refractivity contribution < 1.29 is 9.84 Å². The molecule has 0 radical (unpaired) electrons. The fourth-order valence-electron chi connectivity index (χ4n) is 3.42. The van der Waals surface area contributed by atoms with Gasteiger partial charge in [-0.2, -0.15) is 0 Å². The molecular weight excluding hydrogens is 322 g/mol. The molecule has 0 fully saturated rings. The molecule has 0 spiro atoms. The van der Waals surface area contributed by atoms with Gasteiger partial charge >= 0.3 is 0 Å². The van der Waals surface area contributed by atoms with E-state index < -0.39 is 5.60 Å². The SMILES string of the molecule is COc1cc2ccccc2cc1C(O)(c1ccccc1)c1ccncc1. The Labute approximate surface area is 152 Å². The second kappa shape index (κ2) is 6.62. The van der Waals surface area contributed by atoms with Crippen LogP contribution in [0.4, 0.5) is 0 Å². The Morgan fingerprint density at radius 3 is 2.00 bits per heavy atom. The Bertz CT molecular complexity index is 990. The Morgan fingerprint density at radius 2 is 1.35 bits per heavy atom. The molecule has 0 saturated carbocycles. The van der Waals surface area contributed by atoms with Gasteiger partial charge in [0.1, 0.15) is 11.4 Å². The van der Waals surface area contributed by atoms with Gasteiger partial charge in [0.2, 0.25) is 0 Å². The quantitative estimate of drug-likeness (QED) is 0.593. The maximum Gasteiger partial charge on any atom is 0.144 e. The molecule has 26 heavy (non-hydrogen) atoms. The highest BCUT2D eigenvalue weighted by Gasteiger charge is 2.36. The predicted octanol–water partition coefficient (Wildman–Crippen LogP) is 4.53. The van der Waals surface area contributed by atoms with E-state index in [0.29, 0.717) is 11.3 Å². The van der Waals surface area contributed by atoms with Gasteiger partial charge in [-0.3, -0.25) is 4.98 Å². The first-order valence-corrected chi connectivity index (χ1v) is 8.49. The molecule has 3 heteroatoms. The molecule has 0 aliphatic carbocycles. The van der Waals surface area contributed by atoms with Crippen LogP contribution in [0.5, 0.6) is 5.75 Å². The molecule has 1 heterocycles. The van der Waals surface area contributed by atoms with Crippen LogP contribution in [-0.4, -0.2) is 17.2 Å². The minimum Gasteiger partial charge on any atom is -0.496 e. The van der Waals surface area contributed by atoms with E-state index in [1.54, 1.807) is 19.5 Å². The standard InChI is InChI=1S/C23H19NO2/c1-26-22-16-18-8-6-5-7-17(18)15-21(22)23(25,19-9-3-2-4-10-19)20-11-13-24-14-12-20/h2-16,25H,1H3. The first-order chi connectivity index (χ1) is 12.7. The normalized spacial score (nSPS) is 13.3. The van der Waals surface area contributed by atoms with Crippen molar-refractivity contribution in [1.29, 1.82) is 0 Å². The van der Waals surface area contributed by atoms with Crippen molar-refractivity contribution in [3.63, 3.8) is 0 Å². The van der Waals surface area contributed by atoms with E-state index in [2.05, 4.69) is 4.98 Å². The average molecular weight is 341 g/mol. The molecule has 0 aliphatic heterocycles. The molecule has 1 N–H and O–H groups in total. The summed E-state index contributed by atoms with van der Waals surface area (Å²) in [7, 11) is 1.63. The molecule has 3 aromatic carbocycles. The summed E-state index contributed by atoms with van der Waals surface area (Å²) in [6.45, 7) is 0. The number of nitrogens with zero attached hydrogens (tertiary/aromatic N) is 1. The zero-order valence-electron chi connectivity index (χ0n) is 14.5. The van der Waals surface area contributed by atoms with Gasteiger partial charge in [-0.15, -0.1) is 0 Å². The van der Waals surface area contributed by atoms with Gasteiger partial charge in [-0.1, -0.05) is 54.6 Å². The number of ether oxygens (including phenoxy) is 1. The van der Waals surface area contributed by atoms with Gasteiger partial charge < -0.3 is 9.84 Å². The monoisotopic (exact) mass is 341 g/mol. The number of pyridine rings is 1. The molecule has 128 valence electrons. The van der Waals surface area contributed by atoms with E-state index in [9.17, 15) is 5.11 Å². The Balaban J connectivity index is 2.06. The van der Waals surface area contributed by atoms with Crippen LogP contribution in [0.3, 0.4) is 0 Å². The highest BCUT2D eigenvalue weighted by Crippen LogP contribution is 2.42. The lowest BCUT2D eigenvalue weighted by molar-refractivity contribution is 0.122. The summed E-state index contributed by atoms with van der Waals surface area (Å²) in [6, 6.07) is 25.3. The Morgan fingerprint density at radius 1 is 0.769 bits per heavy atom. The van der Waals surface area contributed by atoms with E-state index in [0.717, 1.165) is 21.9 Å². The Kier molecular flexibility index (Phi) is 4.15. The summed E-state index contributed by atoms with van der Waals surface area (Å²) < 4.78 is 5.67. The van der Waals surface area contributed by atoms with E-state index in [-0.39, 0.29) is 0 Å². The van der Waals surface area contributed by atoms with Gasteiger partial charge in [0, 0.05) is 18.0 Å². The summed E-state index contributed by atoms with van der Waals surface area (Å²) in [4.78, 5) is 4.10. The number of aliphatic hydroxyl groups is 1. The third-order valence-electron chi connectivity index (χ3n) is 4.75. The van der Waals surface area contributed by atoms with Crippen molar-refractivity contribution in [2.45, 2.75) is 5.60 Å². The van der Waals surface area contributed by atoms with Crippen LogP contribution in [0.15, 0.2) is 91.3 Å². The first-order valence-electron chi connectivity index (χ1n) is 8.49. The van der Waals surface area contributed by atoms with Crippen molar-refractivity contribution >= 4 is 10.8 Å². The topological polar surface area (TPSA) is 42.4 Å². The van der Waals surface area contributed by atoms with Gasteiger partial charge in [-0.25, -0.2) is 0 Å². The number of hydrogen-bond donors (Lipinski definition) is 1. The highest BCUT2D eigenvalue weighted by atomic mass is 16.5. The molecule has 3 nitrogen and oxygen atoms in total. The largest absolute Gasteiger partial charge is 0.496 e. The number of benzene rings is 3. The molecule has 0 aliphatic rings. The van der Waals surface area contributed by atoms with Crippen LogP contribution in [0.25, 0.3) is 10.8 Å². The minimum atomic E-state index is -1.35. The lowest BCUT2D eigenvalue weighted by atomic mass is 9.79. The van der Waals surface area contributed by atoms with Crippen molar-refractivity contribution in [1.82, 2.24) is 4.98 Å². The third-order valence-corrected chi connectivity index (χ3v) is 4.75. The van der Waals surface area contributed by atoms with Crippen molar-refractivity contribution in [2.24, 2.45) is 0 Å². The summed E-state index contributed by atoms with van der Waals surface area (Å²) in [5, 5.41) is 14.1. The van der Waals surface area contributed by atoms with Crippen LogP contribution >= 0.6 is 0 Å². The van der Waals surface area contributed by atoms with E-state index in [1.807, 2.05) is 78.9 Å². The molecule has 1 atom stereocenters. The van der Waals surface area contributed by atoms with E-state index >= 15 is 0 Å². The number of fused-ring (bicyclic) bond motifs is 1. The highest BCUT2D eigenvalue weighted by molar-refractivity contribution is 5.85. The summed E-state index contributed by atoms with van der Waals surface area (Å²) in [5.74, 6) is 0.645. The fourth-order valence-corrected chi connectivity index (χ4v) is 3.42. The third kappa shape index (κ3) is 2.63. The Hall–Kier alpha value is -3.17. The van der Waals surface area contributed by atoms with Crippen LogP contribution in [-0.2, 0) is 5.60 Å². The molecule has 1 aromatic heterocycles. The molecule has 0 bridgehead atoms. The van der Waals surface area contributed by atoms with E-state index in [1.165, 1.54) is 0 Å². The molecule has 4 aromatic rings. The smallest absolute Gasteiger partial charge is 0.144 e. The number of hydrogen-bond acceptors (Lipinski definition) is 3. The number of aromatic nitrogens is 1. The van der Waals surface area contributed by atoms with Crippen LogP contribution in [0.2, 0.25) is 0 Å². The van der Waals surface area contributed by atoms with Gasteiger partial charge in [0.05, 0.1) is 7.11 Å². The summed E-state index contributed by atoms with van der Waals surface area (Å²) in [5.41, 5.74) is 0.878. The molecule has 1 unspecified atom stereocenters. The van der Waals surface area contributed by atoms with Crippen molar-refractivity contribution in [3.8, 4) is 5.75 Å². The predicted molar refractivity (Wildman–Crippen MR) is 103 cm³/mol. The van der Waals surface area contributed by atoms with Gasteiger partial charge in [0.25, 0.3) is 0 Å². The molecule has 0 saturated heterocycles. The fraction of sp³-hybridized carbons (Fsp3) is 0.0870. The second-order valence-electron chi connectivity index (χ2n) is 6.21. The summed E-state index contributed by atoms with van der Waals surface area (Å²) >= 11 is 0. The summed E-state index contributed by atoms with van der Waals surface area (Å²) in [6.07, 6.45) is 3.38. The van der Waals surface area contributed by atoms with Crippen LogP contribution in [0, 0.1) is 0 Å². The molecule has 0 amide bonds. The van der Waals surface area contributed by atoms with Gasteiger partial charge in [-0.05, 0) is 46.2 Å². The number of methoxy groups -OCH3 is 1. The average Bonchev–Trinajstić information content (AvgIpc) is 2.73. The van der Waals surface area contributed by atoms with Crippen LogP contribution in [0.1, 0.15) is 16.7 Å².